The van der Waals surface area contributed by atoms with E-state index in [2.05, 4.69) is 17.7 Å². The number of rotatable bonds is 1. The first-order valence-electron chi connectivity index (χ1n) is 6.18. The van der Waals surface area contributed by atoms with Crippen molar-refractivity contribution in [2.75, 3.05) is 5.73 Å². The molecule has 1 aromatic carbocycles. The zero-order chi connectivity index (χ0) is 11.8. The average molecular weight is 227 g/mol. The van der Waals surface area contributed by atoms with E-state index in [-0.39, 0.29) is 0 Å². The summed E-state index contributed by atoms with van der Waals surface area (Å²) in [4.78, 5) is 4.72. The Balaban J connectivity index is 2.08. The number of para-hydroxylation sites is 1. The molecule has 0 bridgehead atoms. The van der Waals surface area contributed by atoms with Gasteiger partial charge in [-0.2, -0.15) is 0 Å². The van der Waals surface area contributed by atoms with Crippen molar-refractivity contribution in [2.24, 2.45) is 0 Å². The molecule has 0 saturated carbocycles. The van der Waals surface area contributed by atoms with Gasteiger partial charge in [-0.05, 0) is 25.8 Å². The zero-order valence-corrected chi connectivity index (χ0v) is 10.1. The molecule has 17 heavy (non-hydrogen) atoms. The molecule has 1 aliphatic rings. The fourth-order valence-electron chi connectivity index (χ4n) is 2.55. The molecule has 2 aromatic rings. The minimum atomic E-state index is 0.560. The standard InChI is InChI=1S/C14H17N3/c1-10-5-4-8-14-16-13(9-17(10)14)11-6-2-3-7-12(11)15/h2-3,6-7,9-10H,4-5,8,15H2,1H3. The van der Waals surface area contributed by atoms with Crippen molar-refractivity contribution in [2.45, 2.75) is 32.2 Å². The highest BCUT2D eigenvalue weighted by Crippen LogP contribution is 2.30. The normalized spacial score (nSPS) is 19.0. The van der Waals surface area contributed by atoms with Crippen LogP contribution in [0.1, 0.15) is 31.6 Å². The summed E-state index contributed by atoms with van der Waals surface area (Å²) < 4.78 is 2.30. The highest BCUT2D eigenvalue weighted by Gasteiger charge is 2.18. The first-order chi connectivity index (χ1) is 8.25. The van der Waals surface area contributed by atoms with Gasteiger partial charge in [0.15, 0.2) is 0 Å². The molecule has 0 radical (unpaired) electrons. The molecular weight excluding hydrogens is 210 g/mol. The van der Waals surface area contributed by atoms with Crippen LogP contribution in [0.5, 0.6) is 0 Å². The van der Waals surface area contributed by atoms with Gasteiger partial charge in [0.05, 0.1) is 5.69 Å². The van der Waals surface area contributed by atoms with Gasteiger partial charge >= 0.3 is 0 Å². The van der Waals surface area contributed by atoms with E-state index in [0.717, 1.165) is 23.4 Å². The van der Waals surface area contributed by atoms with Crippen molar-refractivity contribution >= 4 is 5.69 Å². The van der Waals surface area contributed by atoms with Gasteiger partial charge in [0.25, 0.3) is 0 Å². The Morgan fingerprint density at radius 2 is 2.18 bits per heavy atom. The van der Waals surface area contributed by atoms with Crippen molar-refractivity contribution in [1.82, 2.24) is 9.55 Å². The summed E-state index contributed by atoms with van der Waals surface area (Å²) in [6.07, 6.45) is 5.71. The third-order valence-electron chi connectivity index (χ3n) is 3.54. The van der Waals surface area contributed by atoms with Crippen LogP contribution in [-0.2, 0) is 6.42 Å². The van der Waals surface area contributed by atoms with E-state index in [1.54, 1.807) is 0 Å². The molecule has 2 heterocycles. The molecule has 0 aliphatic carbocycles. The zero-order valence-electron chi connectivity index (χ0n) is 10.1. The second-order valence-electron chi connectivity index (χ2n) is 4.78. The predicted molar refractivity (Wildman–Crippen MR) is 69.7 cm³/mol. The maximum absolute atomic E-state index is 6.00. The Morgan fingerprint density at radius 1 is 1.35 bits per heavy atom. The monoisotopic (exact) mass is 227 g/mol. The first-order valence-corrected chi connectivity index (χ1v) is 6.18. The fraction of sp³-hybridized carbons (Fsp3) is 0.357. The van der Waals surface area contributed by atoms with Gasteiger partial charge in [-0.3, -0.25) is 0 Å². The van der Waals surface area contributed by atoms with Crippen LogP contribution in [0.2, 0.25) is 0 Å². The number of nitrogens with two attached hydrogens (primary N) is 1. The molecule has 1 atom stereocenters. The van der Waals surface area contributed by atoms with Crippen LogP contribution in [0, 0.1) is 0 Å². The van der Waals surface area contributed by atoms with Crippen molar-refractivity contribution < 1.29 is 0 Å². The lowest BCUT2D eigenvalue weighted by molar-refractivity contribution is 0.426. The molecule has 0 fully saturated rings. The van der Waals surface area contributed by atoms with Crippen LogP contribution in [0.25, 0.3) is 11.3 Å². The fourth-order valence-corrected chi connectivity index (χ4v) is 2.55. The summed E-state index contributed by atoms with van der Waals surface area (Å²) in [5.74, 6) is 1.20. The Kier molecular flexibility index (Phi) is 2.39. The molecule has 0 spiro atoms. The van der Waals surface area contributed by atoms with Crippen molar-refractivity contribution in [3.8, 4) is 11.3 Å². The molecule has 88 valence electrons. The molecule has 0 amide bonds. The van der Waals surface area contributed by atoms with Gasteiger partial charge in [-0.25, -0.2) is 4.98 Å². The number of imidazole rings is 1. The largest absolute Gasteiger partial charge is 0.398 e. The molecule has 1 unspecified atom stereocenters. The van der Waals surface area contributed by atoms with Gasteiger partial charge in [-0.1, -0.05) is 18.2 Å². The van der Waals surface area contributed by atoms with Gasteiger partial charge < -0.3 is 10.3 Å². The molecular formula is C14H17N3. The van der Waals surface area contributed by atoms with Crippen molar-refractivity contribution in [3.63, 3.8) is 0 Å². The Labute approximate surface area is 101 Å². The highest BCUT2D eigenvalue weighted by molar-refractivity contribution is 5.73. The van der Waals surface area contributed by atoms with E-state index in [0.29, 0.717) is 6.04 Å². The lowest BCUT2D eigenvalue weighted by atomic mass is 10.1. The molecule has 0 saturated heterocycles. The number of aryl methyl sites for hydroxylation is 1. The third kappa shape index (κ3) is 1.71. The van der Waals surface area contributed by atoms with Crippen LogP contribution in [0.4, 0.5) is 5.69 Å². The lowest BCUT2D eigenvalue weighted by Gasteiger charge is -2.20. The van der Waals surface area contributed by atoms with E-state index < -0.39 is 0 Å². The number of fused-ring (bicyclic) bond motifs is 1. The van der Waals surface area contributed by atoms with E-state index in [1.807, 2.05) is 24.3 Å². The first kappa shape index (κ1) is 10.4. The summed E-state index contributed by atoms with van der Waals surface area (Å²) in [6, 6.07) is 8.49. The summed E-state index contributed by atoms with van der Waals surface area (Å²) >= 11 is 0. The van der Waals surface area contributed by atoms with Crippen LogP contribution >= 0.6 is 0 Å². The van der Waals surface area contributed by atoms with Gasteiger partial charge in [0.2, 0.25) is 0 Å². The molecule has 3 rings (SSSR count). The quantitative estimate of drug-likeness (QED) is 0.761. The van der Waals surface area contributed by atoms with E-state index in [9.17, 15) is 0 Å². The maximum atomic E-state index is 6.00. The summed E-state index contributed by atoms with van der Waals surface area (Å²) in [6.45, 7) is 2.25. The Bertz CT molecular complexity index is 542. The highest BCUT2D eigenvalue weighted by atomic mass is 15.1. The van der Waals surface area contributed by atoms with Gasteiger partial charge in [0.1, 0.15) is 5.82 Å². The van der Waals surface area contributed by atoms with Crippen LogP contribution in [-0.4, -0.2) is 9.55 Å². The molecule has 3 heteroatoms. The molecule has 1 aliphatic heterocycles. The third-order valence-corrected chi connectivity index (χ3v) is 3.54. The molecule has 2 N–H and O–H groups in total. The van der Waals surface area contributed by atoms with Crippen molar-refractivity contribution in [3.05, 3.63) is 36.3 Å². The van der Waals surface area contributed by atoms with Crippen LogP contribution in [0.15, 0.2) is 30.5 Å². The minimum absolute atomic E-state index is 0.560. The number of anilines is 1. The molecule has 3 nitrogen and oxygen atoms in total. The second kappa shape index (κ2) is 3.91. The van der Waals surface area contributed by atoms with E-state index in [1.165, 1.54) is 18.7 Å². The number of hydrogen-bond acceptors (Lipinski definition) is 2. The lowest BCUT2D eigenvalue weighted by Crippen LogP contribution is -2.14. The topological polar surface area (TPSA) is 43.8 Å². The number of nitrogen functional groups attached to an aromatic ring is 1. The number of hydrogen-bond donors (Lipinski definition) is 1. The van der Waals surface area contributed by atoms with Gasteiger partial charge in [0, 0.05) is 29.9 Å². The van der Waals surface area contributed by atoms with E-state index >= 15 is 0 Å². The number of nitrogens with zero attached hydrogens (tertiary/aromatic N) is 2. The van der Waals surface area contributed by atoms with Crippen LogP contribution < -0.4 is 5.73 Å². The smallest absolute Gasteiger partial charge is 0.109 e. The summed E-state index contributed by atoms with van der Waals surface area (Å²) in [5, 5.41) is 0. The number of aromatic nitrogens is 2. The molecule has 1 aromatic heterocycles. The average Bonchev–Trinajstić information content (AvgIpc) is 2.75. The number of benzene rings is 1. The second-order valence-corrected chi connectivity index (χ2v) is 4.78. The Morgan fingerprint density at radius 3 is 2.94 bits per heavy atom. The minimum Gasteiger partial charge on any atom is -0.398 e. The SMILES string of the molecule is CC1CCCc2nc(-c3ccccc3N)cn21. The van der Waals surface area contributed by atoms with Crippen molar-refractivity contribution in [1.29, 1.82) is 0 Å². The predicted octanol–water partition coefficient (Wildman–Crippen LogP) is 3.03. The summed E-state index contributed by atoms with van der Waals surface area (Å²) in [5.41, 5.74) is 8.85. The van der Waals surface area contributed by atoms with E-state index in [4.69, 9.17) is 10.7 Å². The Hall–Kier alpha value is -1.77. The summed E-state index contributed by atoms with van der Waals surface area (Å²) in [7, 11) is 0. The maximum Gasteiger partial charge on any atom is 0.109 e. The van der Waals surface area contributed by atoms with Gasteiger partial charge in [-0.15, -0.1) is 0 Å². The van der Waals surface area contributed by atoms with Crippen LogP contribution in [0.3, 0.4) is 0 Å².